The van der Waals surface area contributed by atoms with Crippen LogP contribution >= 0.6 is 0 Å². The van der Waals surface area contributed by atoms with Crippen molar-refractivity contribution in [3.8, 4) is 0 Å². The summed E-state index contributed by atoms with van der Waals surface area (Å²) in [5.41, 5.74) is 0.305. The summed E-state index contributed by atoms with van der Waals surface area (Å²) in [4.78, 5) is 61.2. The van der Waals surface area contributed by atoms with Crippen molar-refractivity contribution in [3.05, 3.63) is 29.3 Å². The summed E-state index contributed by atoms with van der Waals surface area (Å²) in [6, 6.07) is 3.42. The fraction of sp³-hybridized carbons (Fsp3) is 0.312. The molecule has 1 saturated heterocycles. The Labute approximate surface area is 142 Å². The normalized spacial score (nSPS) is 19.7. The summed E-state index contributed by atoms with van der Waals surface area (Å²) in [6.07, 6.45) is 0.114. The van der Waals surface area contributed by atoms with E-state index in [9.17, 15) is 24.0 Å². The van der Waals surface area contributed by atoms with E-state index in [2.05, 4.69) is 10.6 Å². The van der Waals surface area contributed by atoms with Gasteiger partial charge in [0.15, 0.2) is 0 Å². The molecule has 0 radical (unpaired) electrons. The number of imide groups is 2. The molecule has 25 heavy (non-hydrogen) atoms. The molecule has 9 heteroatoms. The van der Waals surface area contributed by atoms with E-state index in [0.29, 0.717) is 0 Å². The molecule has 1 fully saturated rings. The number of hydrogen-bond donors (Lipinski definition) is 2. The number of carbonyl (C=O) groups excluding carboxylic acids is 5. The lowest BCUT2D eigenvalue weighted by Gasteiger charge is -2.27. The average Bonchev–Trinajstić information content (AvgIpc) is 2.81. The van der Waals surface area contributed by atoms with Crippen LogP contribution in [0, 0.1) is 0 Å². The molecule has 0 aromatic heterocycles. The highest BCUT2D eigenvalue weighted by Gasteiger charge is 2.45. The number of nitrogens with one attached hydrogen (secondary N) is 2. The number of anilines is 1. The minimum absolute atomic E-state index is 0.0293. The highest BCUT2D eigenvalue weighted by molar-refractivity contribution is 6.26. The molecule has 2 N–H and O–H groups in total. The zero-order valence-corrected chi connectivity index (χ0v) is 13.3. The lowest BCUT2D eigenvalue weighted by atomic mass is 10.0. The van der Waals surface area contributed by atoms with Gasteiger partial charge in [-0.15, -0.1) is 0 Å². The number of benzene rings is 1. The summed E-state index contributed by atoms with van der Waals surface area (Å²) in [7, 11) is 1.36. The molecule has 1 aromatic carbocycles. The van der Waals surface area contributed by atoms with Crippen molar-refractivity contribution < 1.29 is 28.7 Å². The van der Waals surface area contributed by atoms with E-state index in [1.807, 2.05) is 0 Å². The fourth-order valence-electron chi connectivity index (χ4n) is 2.94. The maximum Gasteiger partial charge on any atom is 0.264 e. The SMILES string of the molecule is COCC(=O)Nc1cccc2c1C(=O)N([C@@H]1CCC(=O)NC1=O)C2=O. The molecule has 0 aliphatic carbocycles. The number of amides is 5. The molecule has 1 aromatic rings. The molecule has 0 bridgehead atoms. The summed E-state index contributed by atoms with van der Waals surface area (Å²) < 4.78 is 4.72. The van der Waals surface area contributed by atoms with E-state index >= 15 is 0 Å². The van der Waals surface area contributed by atoms with Crippen molar-refractivity contribution in [2.24, 2.45) is 0 Å². The number of methoxy groups -OCH3 is 1. The molecule has 2 aliphatic heterocycles. The summed E-state index contributed by atoms with van der Waals surface area (Å²) in [5, 5.41) is 4.65. The van der Waals surface area contributed by atoms with Gasteiger partial charge in [0.1, 0.15) is 12.6 Å². The zero-order valence-electron chi connectivity index (χ0n) is 13.3. The lowest BCUT2D eigenvalue weighted by Crippen LogP contribution is -2.54. The third-order valence-electron chi connectivity index (χ3n) is 4.02. The predicted molar refractivity (Wildman–Crippen MR) is 83.6 cm³/mol. The van der Waals surface area contributed by atoms with Crippen molar-refractivity contribution in [1.29, 1.82) is 0 Å². The number of hydrogen-bond acceptors (Lipinski definition) is 6. The second kappa shape index (κ2) is 6.44. The van der Waals surface area contributed by atoms with Crippen LogP contribution in [0.3, 0.4) is 0 Å². The Bertz CT molecular complexity index is 803. The van der Waals surface area contributed by atoms with Gasteiger partial charge in [-0.05, 0) is 18.6 Å². The van der Waals surface area contributed by atoms with Gasteiger partial charge >= 0.3 is 0 Å². The standard InChI is InChI=1S/C16H15N3O6/c1-25-7-12(21)17-9-4-2-3-8-13(9)16(24)19(15(8)23)10-5-6-11(20)18-14(10)22/h2-4,10H,5-7H2,1H3,(H,17,21)(H,18,20,22)/t10-/m1/s1. The number of fused-ring (bicyclic) bond motifs is 1. The van der Waals surface area contributed by atoms with Crippen molar-refractivity contribution >= 4 is 35.2 Å². The van der Waals surface area contributed by atoms with Gasteiger partial charge < -0.3 is 10.1 Å². The Hall–Kier alpha value is -3.07. The van der Waals surface area contributed by atoms with Crippen molar-refractivity contribution in [3.63, 3.8) is 0 Å². The van der Waals surface area contributed by atoms with Gasteiger partial charge in [-0.25, -0.2) is 0 Å². The molecule has 0 spiro atoms. The third kappa shape index (κ3) is 2.89. The highest BCUT2D eigenvalue weighted by Crippen LogP contribution is 2.32. The van der Waals surface area contributed by atoms with Crippen LogP contribution in [-0.4, -0.2) is 54.2 Å². The molecule has 1 atom stereocenters. The highest BCUT2D eigenvalue weighted by atomic mass is 16.5. The first-order chi connectivity index (χ1) is 11.9. The van der Waals surface area contributed by atoms with Crippen molar-refractivity contribution in [2.75, 3.05) is 19.0 Å². The van der Waals surface area contributed by atoms with Crippen LogP contribution in [0.5, 0.6) is 0 Å². The topological polar surface area (TPSA) is 122 Å². The summed E-state index contributed by atoms with van der Waals surface area (Å²) in [5.74, 6) is -2.91. The van der Waals surface area contributed by atoms with E-state index < -0.39 is 35.6 Å². The number of carbonyl (C=O) groups is 5. The maximum absolute atomic E-state index is 12.8. The third-order valence-corrected chi connectivity index (χ3v) is 4.02. The number of rotatable bonds is 4. The Morgan fingerprint density at radius 2 is 2.04 bits per heavy atom. The second-order valence-corrected chi connectivity index (χ2v) is 5.66. The Morgan fingerprint density at radius 3 is 2.72 bits per heavy atom. The number of piperidine rings is 1. The maximum atomic E-state index is 12.8. The van der Waals surface area contributed by atoms with Crippen LogP contribution in [0.25, 0.3) is 0 Å². The lowest BCUT2D eigenvalue weighted by molar-refractivity contribution is -0.136. The monoisotopic (exact) mass is 345 g/mol. The van der Waals surface area contributed by atoms with Gasteiger partial charge in [-0.3, -0.25) is 34.2 Å². The van der Waals surface area contributed by atoms with Gasteiger partial charge in [-0.2, -0.15) is 0 Å². The first-order valence-corrected chi connectivity index (χ1v) is 7.57. The van der Waals surface area contributed by atoms with E-state index in [1.165, 1.54) is 25.3 Å². The molecular weight excluding hydrogens is 330 g/mol. The summed E-state index contributed by atoms with van der Waals surface area (Å²) in [6.45, 7) is -0.206. The van der Waals surface area contributed by atoms with E-state index in [-0.39, 0.29) is 36.3 Å². The van der Waals surface area contributed by atoms with Gasteiger partial charge in [-0.1, -0.05) is 6.07 Å². The largest absolute Gasteiger partial charge is 0.375 e. The number of nitrogens with zero attached hydrogens (tertiary/aromatic N) is 1. The Kier molecular flexibility index (Phi) is 4.32. The van der Waals surface area contributed by atoms with E-state index in [1.54, 1.807) is 0 Å². The molecule has 5 amide bonds. The van der Waals surface area contributed by atoms with Crippen LogP contribution in [0.2, 0.25) is 0 Å². The van der Waals surface area contributed by atoms with Crippen LogP contribution < -0.4 is 10.6 Å². The first-order valence-electron chi connectivity index (χ1n) is 7.57. The first kappa shape index (κ1) is 16.8. The van der Waals surface area contributed by atoms with Gasteiger partial charge in [0.25, 0.3) is 11.8 Å². The van der Waals surface area contributed by atoms with Crippen LogP contribution in [0.1, 0.15) is 33.6 Å². The molecular formula is C16H15N3O6. The van der Waals surface area contributed by atoms with Gasteiger partial charge in [0, 0.05) is 13.5 Å². The predicted octanol–water partition coefficient (Wildman–Crippen LogP) is -0.327. The Balaban J connectivity index is 1.93. The minimum atomic E-state index is -1.05. The molecule has 2 heterocycles. The fourth-order valence-corrected chi connectivity index (χ4v) is 2.94. The van der Waals surface area contributed by atoms with Crippen LogP contribution in [0.15, 0.2) is 18.2 Å². The minimum Gasteiger partial charge on any atom is -0.375 e. The van der Waals surface area contributed by atoms with Crippen molar-refractivity contribution in [1.82, 2.24) is 10.2 Å². The molecule has 0 saturated carbocycles. The van der Waals surface area contributed by atoms with E-state index in [4.69, 9.17) is 4.74 Å². The smallest absolute Gasteiger partial charge is 0.264 e. The average molecular weight is 345 g/mol. The second-order valence-electron chi connectivity index (χ2n) is 5.66. The zero-order chi connectivity index (χ0) is 18.1. The van der Waals surface area contributed by atoms with Gasteiger partial charge in [0.05, 0.1) is 16.8 Å². The molecule has 2 aliphatic rings. The van der Waals surface area contributed by atoms with Crippen LogP contribution in [0.4, 0.5) is 5.69 Å². The molecule has 130 valence electrons. The summed E-state index contributed by atoms with van der Waals surface area (Å²) >= 11 is 0. The van der Waals surface area contributed by atoms with Crippen LogP contribution in [-0.2, 0) is 19.1 Å². The number of ether oxygens (including phenoxy) is 1. The van der Waals surface area contributed by atoms with E-state index in [0.717, 1.165) is 4.90 Å². The van der Waals surface area contributed by atoms with Gasteiger partial charge in [0.2, 0.25) is 17.7 Å². The Morgan fingerprint density at radius 1 is 1.28 bits per heavy atom. The molecule has 9 nitrogen and oxygen atoms in total. The quantitative estimate of drug-likeness (QED) is 0.721. The van der Waals surface area contributed by atoms with Crippen molar-refractivity contribution in [2.45, 2.75) is 18.9 Å². The molecule has 3 rings (SSSR count). The molecule has 0 unspecified atom stereocenters.